The molecule has 3 aromatic rings. The van der Waals surface area contributed by atoms with Crippen LogP contribution >= 0.6 is 0 Å². The van der Waals surface area contributed by atoms with Crippen molar-refractivity contribution in [1.82, 2.24) is 15.5 Å². The van der Waals surface area contributed by atoms with E-state index in [2.05, 4.69) is 15.5 Å². The maximum Gasteiger partial charge on any atom is 0.416 e. The predicted octanol–water partition coefficient (Wildman–Crippen LogP) is 5.98. The molecule has 32 heavy (non-hydrogen) atoms. The van der Waals surface area contributed by atoms with Gasteiger partial charge in [-0.15, -0.1) is 10.2 Å². The molecule has 0 spiro atoms. The molecule has 1 atom stereocenters. The summed E-state index contributed by atoms with van der Waals surface area (Å²) in [4.78, 5) is 12.5. The molecular weight excluding hydrogens is 419 g/mol. The van der Waals surface area contributed by atoms with E-state index >= 15 is 0 Å². The summed E-state index contributed by atoms with van der Waals surface area (Å²) in [6.07, 6.45) is -2.76. The van der Waals surface area contributed by atoms with E-state index in [0.717, 1.165) is 17.7 Å². The van der Waals surface area contributed by atoms with E-state index in [1.54, 1.807) is 6.07 Å². The van der Waals surface area contributed by atoms with Crippen molar-refractivity contribution in [1.29, 1.82) is 0 Å². The van der Waals surface area contributed by atoms with Crippen LogP contribution in [-0.2, 0) is 17.4 Å². The summed E-state index contributed by atoms with van der Waals surface area (Å²) >= 11 is 0. The van der Waals surface area contributed by atoms with Gasteiger partial charge in [0.25, 0.3) is 0 Å². The summed E-state index contributed by atoms with van der Waals surface area (Å²) < 4.78 is 44.9. The predicted molar refractivity (Wildman–Crippen MR) is 114 cm³/mol. The summed E-state index contributed by atoms with van der Waals surface area (Å²) in [7, 11) is 0. The number of nitrogens with one attached hydrogen (secondary N) is 1. The second-order valence-electron chi connectivity index (χ2n) is 8.09. The van der Waals surface area contributed by atoms with Gasteiger partial charge in [0.1, 0.15) is 0 Å². The third kappa shape index (κ3) is 6.67. The van der Waals surface area contributed by atoms with Crippen LogP contribution in [-0.4, -0.2) is 16.1 Å². The van der Waals surface area contributed by atoms with Crippen molar-refractivity contribution in [2.24, 2.45) is 5.92 Å². The summed E-state index contributed by atoms with van der Waals surface area (Å²) in [6.45, 7) is 3.93. The molecule has 0 radical (unpaired) electrons. The van der Waals surface area contributed by atoms with Gasteiger partial charge in [0.05, 0.1) is 11.6 Å². The number of halogens is 3. The minimum atomic E-state index is -4.43. The third-order valence-corrected chi connectivity index (χ3v) is 4.94. The van der Waals surface area contributed by atoms with Gasteiger partial charge in [-0.1, -0.05) is 44.2 Å². The molecule has 8 heteroatoms. The fourth-order valence-electron chi connectivity index (χ4n) is 3.40. The first-order chi connectivity index (χ1) is 15.2. The first kappa shape index (κ1) is 23.5. The lowest BCUT2D eigenvalue weighted by Crippen LogP contribution is -2.29. The molecule has 0 fully saturated rings. The van der Waals surface area contributed by atoms with Gasteiger partial charge in [0.2, 0.25) is 17.7 Å². The quantitative estimate of drug-likeness (QED) is 0.440. The summed E-state index contributed by atoms with van der Waals surface area (Å²) in [5.41, 5.74) is 0.552. The Morgan fingerprint density at radius 2 is 1.81 bits per heavy atom. The average molecular weight is 445 g/mol. The zero-order chi connectivity index (χ0) is 23.1. The van der Waals surface area contributed by atoms with Gasteiger partial charge in [-0.3, -0.25) is 4.79 Å². The zero-order valence-corrected chi connectivity index (χ0v) is 18.0. The Balaban J connectivity index is 1.57. The maximum atomic E-state index is 13.1. The number of carbonyl (C=O) groups is 1. The minimum Gasteiger partial charge on any atom is -0.421 e. The smallest absolute Gasteiger partial charge is 0.416 e. The molecule has 0 aliphatic rings. The molecule has 0 aliphatic heterocycles. The number of aromatic nitrogens is 2. The van der Waals surface area contributed by atoms with E-state index in [0.29, 0.717) is 36.6 Å². The average Bonchev–Trinajstić information content (AvgIpc) is 3.22. The number of benzene rings is 2. The lowest BCUT2D eigenvalue weighted by molar-refractivity contribution is -0.137. The highest BCUT2D eigenvalue weighted by molar-refractivity contribution is 5.76. The Morgan fingerprint density at radius 1 is 1.06 bits per heavy atom. The first-order valence-electron chi connectivity index (χ1n) is 10.6. The molecule has 1 unspecified atom stereocenters. The molecule has 0 saturated heterocycles. The van der Waals surface area contributed by atoms with E-state index in [1.165, 1.54) is 6.07 Å². The van der Waals surface area contributed by atoms with Gasteiger partial charge in [-0.05, 0) is 48.6 Å². The van der Waals surface area contributed by atoms with Crippen LogP contribution in [0.3, 0.4) is 0 Å². The Bertz CT molecular complexity index is 1020. The highest BCUT2D eigenvalue weighted by atomic mass is 19.4. The Morgan fingerprint density at radius 3 is 2.50 bits per heavy atom. The molecule has 5 nitrogen and oxygen atoms in total. The van der Waals surface area contributed by atoms with E-state index in [1.807, 2.05) is 44.2 Å². The van der Waals surface area contributed by atoms with E-state index in [4.69, 9.17) is 4.42 Å². The summed E-state index contributed by atoms with van der Waals surface area (Å²) in [6, 6.07) is 14.0. The highest BCUT2D eigenvalue weighted by Gasteiger charge is 2.31. The van der Waals surface area contributed by atoms with Crippen LogP contribution in [0.2, 0.25) is 0 Å². The van der Waals surface area contributed by atoms with Crippen molar-refractivity contribution in [3.63, 3.8) is 0 Å². The Labute approximate surface area is 185 Å². The molecule has 170 valence electrons. The second-order valence-corrected chi connectivity index (χ2v) is 8.09. The molecular formula is C24H26F3N3O2. The fraction of sp³-hybridized carbons (Fsp3) is 0.375. The lowest BCUT2D eigenvalue weighted by atomic mass is 9.95. The van der Waals surface area contributed by atoms with Gasteiger partial charge in [-0.25, -0.2) is 0 Å². The molecule has 2 aromatic carbocycles. The third-order valence-electron chi connectivity index (χ3n) is 4.94. The highest BCUT2D eigenvalue weighted by Crippen LogP contribution is 2.32. The van der Waals surface area contributed by atoms with Gasteiger partial charge in [-0.2, -0.15) is 13.2 Å². The zero-order valence-electron chi connectivity index (χ0n) is 18.0. The number of alkyl halides is 3. The van der Waals surface area contributed by atoms with Gasteiger partial charge in [0, 0.05) is 18.4 Å². The van der Waals surface area contributed by atoms with E-state index in [9.17, 15) is 18.0 Å². The van der Waals surface area contributed by atoms with Crippen LogP contribution in [0.4, 0.5) is 13.2 Å². The molecule has 1 aromatic heterocycles. The van der Waals surface area contributed by atoms with Crippen molar-refractivity contribution in [2.45, 2.75) is 51.7 Å². The first-order valence-corrected chi connectivity index (χ1v) is 10.6. The van der Waals surface area contributed by atoms with Crippen LogP contribution in [0.15, 0.2) is 59.0 Å². The minimum absolute atomic E-state index is 0.199. The SMILES string of the molecule is CC(C)CC(NC(=O)CCCc1nnc(-c2ccccc2)o1)c1cccc(C(F)(F)F)c1. The number of carbonyl (C=O) groups excluding carboxylic acids is 1. The van der Waals surface area contributed by atoms with Crippen LogP contribution < -0.4 is 5.32 Å². The topological polar surface area (TPSA) is 68.0 Å². The van der Waals surface area contributed by atoms with Crippen molar-refractivity contribution in [3.05, 3.63) is 71.6 Å². The van der Waals surface area contributed by atoms with Crippen LogP contribution in [0.25, 0.3) is 11.5 Å². The van der Waals surface area contributed by atoms with E-state index < -0.39 is 17.8 Å². The lowest BCUT2D eigenvalue weighted by Gasteiger charge is -2.22. The fourth-order valence-corrected chi connectivity index (χ4v) is 3.40. The normalized spacial score (nSPS) is 12.7. The number of hydrogen-bond donors (Lipinski definition) is 1. The largest absolute Gasteiger partial charge is 0.421 e. The van der Waals surface area contributed by atoms with Crippen molar-refractivity contribution in [2.75, 3.05) is 0 Å². The number of hydrogen-bond acceptors (Lipinski definition) is 4. The van der Waals surface area contributed by atoms with Gasteiger partial charge in [0.15, 0.2) is 0 Å². The molecule has 1 amide bonds. The second kappa shape index (κ2) is 10.4. The molecule has 1 heterocycles. The molecule has 0 bridgehead atoms. The molecule has 3 rings (SSSR count). The Hall–Kier alpha value is -3.16. The monoisotopic (exact) mass is 445 g/mol. The summed E-state index contributed by atoms with van der Waals surface area (Å²) in [5.74, 6) is 0.834. The van der Waals surface area contributed by atoms with Crippen LogP contribution in [0.5, 0.6) is 0 Å². The number of aryl methyl sites for hydroxylation is 1. The number of amides is 1. The molecule has 0 saturated carbocycles. The number of rotatable bonds is 9. The number of nitrogens with zero attached hydrogens (tertiary/aromatic N) is 2. The van der Waals surface area contributed by atoms with Gasteiger partial charge < -0.3 is 9.73 Å². The van der Waals surface area contributed by atoms with Crippen molar-refractivity contribution in [3.8, 4) is 11.5 Å². The van der Waals surface area contributed by atoms with Crippen molar-refractivity contribution < 1.29 is 22.4 Å². The van der Waals surface area contributed by atoms with Crippen molar-refractivity contribution >= 4 is 5.91 Å². The molecule has 1 N–H and O–H groups in total. The maximum absolute atomic E-state index is 13.1. The van der Waals surface area contributed by atoms with Crippen LogP contribution in [0.1, 0.15) is 56.2 Å². The van der Waals surface area contributed by atoms with E-state index in [-0.39, 0.29) is 18.2 Å². The standard InChI is InChI=1S/C24H26F3N3O2/c1-16(2)14-20(18-10-6-11-19(15-18)24(25,26)27)28-21(31)12-7-13-22-29-30-23(32-22)17-8-4-3-5-9-17/h3-6,8-11,15-16,20H,7,12-14H2,1-2H3,(H,28,31). The summed E-state index contributed by atoms with van der Waals surface area (Å²) in [5, 5.41) is 10.9. The van der Waals surface area contributed by atoms with Crippen LogP contribution in [0, 0.1) is 5.92 Å². The van der Waals surface area contributed by atoms with Gasteiger partial charge >= 0.3 is 6.18 Å². The molecule has 0 aliphatic carbocycles. The Kier molecular flexibility index (Phi) is 7.66.